The zero-order valence-electron chi connectivity index (χ0n) is 16.7. The van der Waals surface area contributed by atoms with E-state index in [1.165, 1.54) is 21.6 Å². The average Bonchev–Trinajstić information content (AvgIpc) is 3.16. The molecule has 31 heavy (non-hydrogen) atoms. The molecule has 4 nitrogen and oxygen atoms in total. The zero-order valence-corrected chi connectivity index (χ0v) is 18.3. The van der Waals surface area contributed by atoms with Gasteiger partial charge in [0.15, 0.2) is 0 Å². The van der Waals surface area contributed by atoms with Crippen LogP contribution in [0, 0.1) is 5.82 Å². The third-order valence-electron chi connectivity index (χ3n) is 5.86. The van der Waals surface area contributed by atoms with Gasteiger partial charge in [-0.2, -0.15) is 0 Å². The van der Waals surface area contributed by atoms with Crippen LogP contribution in [0.3, 0.4) is 0 Å². The van der Waals surface area contributed by atoms with E-state index in [1.807, 2.05) is 18.2 Å². The maximum atomic E-state index is 13.5. The van der Waals surface area contributed by atoms with E-state index in [0.717, 1.165) is 42.4 Å². The molecule has 0 saturated carbocycles. The number of hydrogen-bond donors (Lipinski definition) is 0. The molecule has 0 radical (unpaired) electrons. The van der Waals surface area contributed by atoms with Crippen LogP contribution in [-0.4, -0.2) is 9.13 Å². The Morgan fingerprint density at radius 3 is 2.45 bits per heavy atom. The van der Waals surface area contributed by atoms with Crippen LogP contribution < -0.4 is 11.2 Å². The molecule has 1 aliphatic carbocycles. The molecule has 2 aromatic carbocycles. The fourth-order valence-corrected chi connectivity index (χ4v) is 5.83. The highest BCUT2D eigenvalue weighted by molar-refractivity contribution is 7.18. The molecule has 5 rings (SSSR count). The van der Waals surface area contributed by atoms with Gasteiger partial charge in [0.2, 0.25) is 0 Å². The number of halogens is 2. The Hall–Kier alpha value is -2.70. The van der Waals surface area contributed by atoms with E-state index in [0.29, 0.717) is 15.2 Å². The Bertz CT molecular complexity index is 1400. The highest BCUT2D eigenvalue weighted by atomic mass is 35.5. The molecule has 158 valence electrons. The minimum atomic E-state index is -0.375. The lowest BCUT2D eigenvalue weighted by Gasteiger charge is -2.14. The van der Waals surface area contributed by atoms with Crippen molar-refractivity contribution in [3.05, 3.63) is 102 Å². The van der Waals surface area contributed by atoms with Gasteiger partial charge in [-0.25, -0.2) is 9.18 Å². The van der Waals surface area contributed by atoms with Crippen molar-refractivity contribution in [2.45, 2.75) is 38.8 Å². The van der Waals surface area contributed by atoms with Gasteiger partial charge in [-0.05, 0) is 60.6 Å². The highest BCUT2D eigenvalue weighted by Gasteiger charge is 2.24. The van der Waals surface area contributed by atoms with Gasteiger partial charge in [0.25, 0.3) is 5.56 Å². The Labute approximate surface area is 187 Å². The summed E-state index contributed by atoms with van der Waals surface area (Å²) in [6.07, 6.45) is 3.92. The second-order valence-corrected chi connectivity index (χ2v) is 9.36. The number of nitrogens with zero attached hydrogens (tertiary/aromatic N) is 2. The number of aromatic nitrogens is 2. The molecule has 0 saturated heterocycles. The Balaban J connectivity index is 1.75. The molecule has 2 heterocycles. The van der Waals surface area contributed by atoms with Gasteiger partial charge in [-0.15, -0.1) is 11.3 Å². The summed E-state index contributed by atoms with van der Waals surface area (Å²) in [4.78, 5) is 28.9. The first kappa shape index (κ1) is 20.2. The molecule has 0 aliphatic heterocycles. The fourth-order valence-electron chi connectivity index (χ4n) is 4.26. The van der Waals surface area contributed by atoms with E-state index in [9.17, 15) is 14.0 Å². The molecule has 0 spiro atoms. The summed E-state index contributed by atoms with van der Waals surface area (Å²) in [5.41, 5.74) is 1.98. The van der Waals surface area contributed by atoms with Crippen molar-refractivity contribution in [3.8, 4) is 0 Å². The van der Waals surface area contributed by atoms with Gasteiger partial charge >= 0.3 is 5.69 Å². The lowest BCUT2D eigenvalue weighted by molar-refractivity contribution is 0.621. The van der Waals surface area contributed by atoms with Crippen LogP contribution in [0.1, 0.15) is 34.4 Å². The monoisotopic (exact) mass is 454 g/mol. The zero-order chi connectivity index (χ0) is 21.5. The summed E-state index contributed by atoms with van der Waals surface area (Å²) in [5.74, 6) is -0.323. The molecule has 0 atom stereocenters. The molecule has 7 heteroatoms. The molecule has 1 aliphatic rings. The first-order chi connectivity index (χ1) is 15.0. The molecule has 0 bridgehead atoms. The van der Waals surface area contributed by atoms with Crippen molar-refractivity contribution >= 4 is 33.2 Å². The standard InChI is InChI=1S/C24H20ClFN2O2S/c25-19-7-3-1-5-16(19)14-27-22(29)21-18-6-2-4-8-20(18)31-23(21)28(24(27)30)13-15-9-11-17(26)12-10-15/h1,3,5,7,9-12H,2,4,6,8,13-14H2. The Morgan fingerprint density at radius 1 is 0.935 bits per heavy atom. The van der Waals surface area contributed by atoms with Crippen LogP contribution in [-0.2, 0) is 25.9 Å². The lowest BCUT2D eigenvalue weighted by atomic mass is 9.97. The van der Waals surface area contributed by atoms with Gasteiger partial charge < -0.3 is 0 Å². The van der Waals surface area contributed by atoms with Crippen molar-refractivity contribution in [2.24, 2.45) is 0 Å². The minimum absolute atomic E-state index is 0.112. The minimum Gasteiger partial charge on any atom is -0.280 e. The number of benzene rings is 2. The van der Waals surface area contributed by atoms with E-state index in [1.54, 1.807) is 34.1 Å². The van der Waals surface area contributed by atoms with Crippen molar-refractivity contribution in [1.29, 1.82) is 0 Å². The van der Waals surface area contributed by atoms with Crippen molar-refractivity contribution in [2.75, 3.05) is 0 Å². The molecular weight excluding hydrogens is 435 g/mol. The number of thiophene rings is 1. The summed E-state index contributed by atoms with van der Waals surface area (Å²) in [5, 5.41) is 1.17. The second-order valence-electron chi connectivity index (χ2n) is 7.87. The maximum Gasteiger partial charge on any atom is 0.332 e. The van der Waals surface area contributed by atoms with E-state index in [2.05, 4.69) is 0 Å². The predicted molar refractivity (Wildman–Crippen MR) is 123 cm³/mol. The van der Waals surface area contributed by atoms with Crippen molar-refractivity contribution in [1.82, 2.24) is 9.13 Å². The maximum absolute atomic E-state index is 13.5. The predicted octanol–water partition coefficient (Wildman–Crippen LogP) is 4.99. The van der Waals surface area contributed by atoms with Crippen LogP contribution in [0.15, 0.2) is 58.1 Å². The van der Waals surface area contributed by atoms with E-state index >= 15 is 0 Å². The van der Waals surface area contributed by atoms with Crippen molar-refractivity contribution in [3.63, 3.8) is 0 Å². The van der Waals surface area contributed by atoms with Crippen LogP contribution >= 0.6 is 22.9 Å². The van der Waals surface area contributed by atoms with Gasteiger partial charge in [-0.3, -0.25) is 13.9 Å². The van der Waals surface area contributed by atoms with Crippen LogP contribution in [0.5, 0.6) is 0 Å². The number of fused-ring (bicyclic) bond motifs is 3. The SMILES string of the molecule is O=c1c2c3c(sc2n(Cc2ccc(F)cc2)c(=O)n1Cc1ccccc1Cl)CCCC3. The normalized spacial score (nSPS) is 13.5. The van der Waals surface area contributed by atoms with Gasteiger partial charge in [-0.1, -0.05) is 41.9 Å². The molecule has 0 amide bonds. The summed E-state index contributed by atoms with van der Waals surface area (Å²) in [7, 11) is 0. The molecule has 0 fully saturated rings. The van der Waals surface area contributed by atoms with Crippen molar-refractivity contribution < 1.29 is 4.39 Å². The number of rotatable bonds is 4. The third kappa shape index (κ3) is 3.64. The van der Waals surface area contributed by atoms with E-state index in [-0.39, 0.29) is 30.2 Å². The fraction of sp³-hybridized carbons (Fsp3) is 0.250. The van der Waals surface area contributed by atoms with Gasteiger partial charge in [0, 0.05) is 9.90 Å². The third-order valence-corrected chi connectivity index (χ3v) is 7.54. The Kier molecular flexibility index (Phi) is 5.28. The van der Waals surface area contributed by atoms with Crippen LogP contribution in [0.4, 0.5) is 4.39 Å². The van der Waals surface area contributed by atoms with E-state index < -0.39 is 0 Å². The summed E-state index contributed by atoms with van der Waals surface area (Å²) in [6.45, 7) is 0.388. The first-order valence-electron chi connectivity index (χ1n) is 10.3. The number of hydrogen-bond acceptors (Lipinski definition) is 3. The average molecular weight is 455 g/mol. The van der Waals surface area contributed by atoms with E-state index in [4.69, 9.17) is 11.6 Å². The first-order valence-corrected chi connectivity index (χ1v) is 11.5. The second kappa shape index (κ2) is 8.09. The molecule has 2 aromatic heterocycles. The van der Waals surface area contributed by atoms with Gasteiger partial charge in [0.1, 0.15) is 10.6 Å². The van der Waals surface area contributed by atoms with Crippen LogP contribution in [0.2, 0.25) is 5.02 Å². The molecule has 4 aromatic rings. The smallest absolute Gasteiger partial charge is 0.280 e. The Morgan fingerprint density at radius 2 is 1.68 bits per heavy atom. The quantitative estimate of drug-likeness (QED) is 0.436. The topological polar surface area (TPSA) is 44.0 Å². The van der Waals surface area contributed by atoms with Crippen LogP contribution in [0.25, 0.3) is 10.2 Å². The lowest BCUT2D eigenvalue weighted by Crippen LogP contribution is -2.40. The van der Waals surface area contributed by atoms with Gasteiger partial charge in [0.05, 0.1) is 18.5 Å². The summed E-state index contributed by atoms with van der Waals surface area (Å²) in [6, 6.07) is 13.4. The largest absolute Gasteiger partial charge is 0.332 e. The molecule has 0 unspecified atom stereocenters. The molecular formula is C24H20ClFN2O2S. The highest BCUT2D eigenvalue weighted by Crippen LogP contribution is 2.34. The summed E-state index contributed by atoms with van der Waals surface area (Å²) >= 11 is 7.86. The molecule has 0 N–H and O–H groups in total. The summed E-state index contributed by atoms with van der Waals surface area (Å²) < 4.78 is 16.3. The number of aryl methyl sites for hydroxylation is 2.